The summed E-state index contributed by atoms with van der Waals surface area (Å²) in [6.07, 6.45) is 2.36. The molecule has 2 aliphatic rings. The first-order valence-electron chi connectivity index (χ1n) is 10.2. The molecule has 0 atom stereocenters. The molecule has 1 N–H and O–H groups in total. The van der Waals surface area contributed by atoms with Gasteiger partial charge in [-0.3, -0.25) is 9.48 Å². The van der Waals surface area contributed by atoms with Crippen LogP contribution in [-0.2, 0) is 16.8 Å². The molecule has 4 rings (SSSR count). The lowest BCUT2D eigenvalue weighted by atomic mass is 10.1. The summed E-state index contributed by atoms with van der Waals surface area (Å²) in [5.74, 6) is 0.467. The molecule has 2 heterocycles. The second kappa shape index (κ2) is 7.59. The third kappa shape index (κ3) is 4.22. The summed E-state index contributed by atoms with van der Waals surface area (Å²) in [7, 11) is 0. The van der Waals surface area contributed by atoms with Crippen LogP contribution in [0.1, 0.15) is 61.3 Å². The predicted octanol–water partition coefficient (Wildman–Crippen LogP) is 3.28. The third-order valence-corrected chi connectivity index (χ3v) is 5.36. The Balaban J connectivity index is 1.41. The summed E-state index contributed by atoms with van der Waals surface area (Å²) in [6.45, 7) is 10.2. The maximum atomic E-state index is 12.9. The SMILES string of the molecule is CC(C)(C)n1nc(C2CC2)cc1C(=O)NCc1ccc(N2CCOCC2)cc1. The minimum absolute atomic E-state index is 0.0634. The highest BCUT2D eigenvalue weighted by Crippen LogP contribution is 2.40. The lowest BCUT2D eigenvalue weighted by molar-refractivity contribution is 0.0932. The first kappa shape index (κ1) is 19.0. The first-order valence-corrected chi connectivity index (χ1v) is 10.2. The minimum Gasteiger partial charge on any atom is -0.378 e. The number of ether oxygens (including phenoxy) is 1. The molecule has 28 heavy (non-hydrogen) atoms. The smallest absolute Gasteiger partial charge is 0.269 e. The molecule has 1 saturated heterocycles. The fourth-order valence-corrected chi connectivity index (χ4v) is 3.57. The molecular formula is C22H30N4O2. The van der Waals surface area contributed by atoms with Crippen LogP contribution >= 0.6 is 0 Å². The van der Waals surface area contributed by atoms with Crippen LogP contribution in [0.15, 0.2) is 30.3 Å². The van der Waals surface area contributed by atoms with Crippen LogP contribution in [0, 0.1) is 0 Å². The van der Waals surface area contributed by atoms with Crippen LogP contribution < -0.4 is 10.2 Å². The number of hydrogen-bond donors (Lipinski definition) is 1. The zero-order valence-corrected chi connectivity index (χ0v) is 17.1. The van der Waals surface area contributed by atoms with Crippen molar-refractivity contribution in [2.24, 2.45) is 0 Å². The normalized spacial score (nSPS) is 17.6. The van der Waals surface area contributed by atoms with Gasteiger partial charge in [-0.15, -0.1) is 0 Å². The number of carbonyl (C=O) groups is 1. The van der Waals surface area contributed by atoms with Gasteiger partial charge in [-0.2, -0.15) is 5.10 Å². The molecule has 0 unspecified atom stereocenters. The van der Waals surface area contributed by atoms with Gasteiger partial charge in [0.15, 0.2) is 0 Å². The number of nitrogens with one attached hydrogen (secondary N) is 1. The number of anilines is 1. The van der Waals surface area contributed by atoms with Gasteiger partial charge in [0.05, 0.1) is 24.4 Å². The van der Waals surface area contributed by atoms with E-state index in [-0.39, 0.29) is 11.4 Å². The molecule has 6 nitrogen and oxygen atoms in total. The lowest BCUT2D eigenvalue weighted by Gasteiger charge is -2.28. The zero-order chi connectivity index (χ0) is 19.7. The molecule has 1 aliphatic heterocycles. The number of morpholine rings is 1. The summed E-state index contributed by atoms with van der Waals surface area (Å²) < 4.78 is 7.28. The molecule has 1 amide bonds. The maximum absolute atomic E-state index is 12.9. The van der Waals surface area contributed by atoms with Gasteiger partial charge in [0.2, 0.25) is 0 Å². The molecule has 1 aromatic carbocycles. The van der Waals surface area contributed by atoms with Gasteiger partial charge in [-0.05, 0) is 57.4 Å². The Morgan fingerprint density at radius 2 is 1.86 bits per heavy atom. The largest absolute Gasteiger partial charge is 0.378 e. The van der Waals surface area contributed by atoms with E-state index in [1.807, 2.05) is 10.7 Å². The van der Waals surface area contributed by atoms with Crippen molar-refractivity contribution in [2.75, 3.05) is 31.2 Å². The van der Waals surface area contributed by atoms with E-state index in [0.717, 1.165) is 37.6 Å². The minimum atomic E-state index is -0.223. The number of nitrogens with zero attached hydrogens (tertiary/aromatic N) is 3. The monoisotopic (exact) mass is 382 g/mol. The molecule has 1 saturated carbocycles. The van der Waals surface area contributed by atoms with E-state index in [0.29, 0.717) is 18.2 Å². The number of rotatable bonds is 5. The summed E-state index contributed by atoms with van der Waals surface area (Å²) in [4.78, 5) is 15.2. The predicted molar refractivity (Wildman–Crippen MR) is 110 cm³/mol. The van der Waals surface area contributed by atoms with Crippen LogP contribution in [0.4, 0.5) is 5.69 Å². The van der Waals surface area contributed by atoms with Crippen molar-refractivity contribution < 1.29 is 9.53 Å². The summed E-state index contributed by atoms with van der Waals surface area (Å²) >= 11 is 0. The van der Waals surface area contributed by atoms with Crippen molar-refractivity contribution in [2.45, 2.75) is 51.6 Å². The fraction of sp³-hybridized carbons (Fsp3) is 0.545. The van der Waals surface area contributed by atoms with Gasteiger partial charge in [-0.1, -0.05) is 12.1 Å². The van der Waals surface area contributed by atoms with Crippen LogP contribution in [-0.4, -0.2) is 42.0 Å². The number of benzene rings is 1. The van der Waals surface area contributed by atoms with Crippen molar-refractivity contribution >= 4 is 11.6 Å². The van der Waals surface area contributed by atoms with Crippen LogP contribution in [0.5, 0.6) is 0 Å². The molecule has 0 bridgehead atoms. The summed E-state index contributed by atoms with van der Waals surface area (Å²) in [5.41, 5.74) is 3.78. The van der Waals surface area contributed by atoms with Gasteiger partial charge in [0, 0.05) is 31.2 Å². The summed E-state index contributed by atoms with van der Waals surface area (Å²) in [5, 5.41) is 7.79. The Hall–Kier alpha value is -2.34. The Morgan fingerprint density at radius 1 is 1.18 bits per heavy atom. The van der Waals surface area contributed by atoms with Gasteiger partial charge in [0.25, 0.3) is 5.91 Å². The van der Waals surface area contributed by atoms with E-state index in [4.69, 9.17) is 9.84 Å². The van der Waals surface area contributed by atoms with Crippen LogP contribution in [0.2, 0.25) is 0 Å². The fourth-order valence-electron chi connectivity index (χ4n) is 3.57. The molecule has 1 aromatic heterocycles. The highest BCUT2D eigenvalue weighted by atomic mass is 16.5. The van der Waals surface area contributed by atoms with E-state index in [1.165, 1.54) is 18.5 Å². The molecule has 2 fully saturated rings. The third-order valence-electron chi connectivity index (χ3n) is 5.36. The Bertz CT molecular complexity index is 825. The van der Waals surface area contributed by atoms with Gasteiger partial charge in [-0.25, -0.2) is 0 Å². The van der Waals surface area contributed by atoms with Crippen molar-refractivity contribution in [3.63, 3.8) is 0 Å². The van der Waals surface area contributed by atoms with Crippen molar-refractivity contribution in [1.29, 1.82) is 0 Å². The average molecular weight is 383 g/mol. The second-order valence-electron chi connectivity index (χ2n) is 8.76. The molecule has 1 aliphatic carbocycles. The standard InChI is InChI=1S/C22H30N4O2/c1-22(2,3)26-20(14-19(24-26)17-6-7-17)21(27)23-15-16-4-8-18(9-5-16)25-10-12-28-13-11-25/h4-5,8-9,14,17H,6-7,10-13,15H2,1-3H3,(H,23,27). The molecule has 0 spiro atoms. The maximum Gasteiger partial charge on any atom is 0.269 e. The molecule has 2 aromatic rings. The number of hydrogen-bond acceptors (Lipinski definition) is 4. The van der Waals surface area contributed by atoms with Crippen molar-refractivity contribution in [3.8, 4) is 0 Å². The van der Waals surface area contributed by atoms with Gasteiger partial charge >= 0.3 is 0 Å². The molecule has 150 valence electrons. The number of aromatic nitrogens is 2. The lowest BCUT2D eigenvalue weighted by Crippen LogP contribution is -2.36. The zero-order valence-electron chi connectivity index (χ0n) is 17.1. The Morgan fingerprint density at radius 3 is 2.46 bits per heavy atom. The molecule has 0 radical (unpaired) electrons. The Labute approximate surface area is 166 Å². The quantitative estimate of drug-likeness (QED) is 0.862. The van der Waals surface area contributed by atoms with E-state index < -0.39 is 0 Å². The van der Waals surface area contributed by atoms with Gasteiger partial charge < -0.3 is 15.0 Å². The topological polar surface area (TPSA) is 59.4 Å². The Kier molecular flexibility index (Phi) is 5.15. The van der Waals surface area contributed by atoms with Crippen LogP contribution in [0.3, 0.4) is 0 Å². The average Bonchev–Trinajstić information content (AvgIpc) is 3.44. The highest BCUT2D eigenvalue weighted by molar-refractivity contribution is 5.92. The van der Waals surface area contributed by atoms with Crippen LogP contribution in [0.25, 0.3) is 0 Å². The van der Waals surface area contributed by atoms with E-state index >= 15 is 0 Å². The van der Waals surface area contributed by atoms with Crippen molar-refractivity contribution in [1.82, 2.24) is 15.1 Å². The summed E-state index contributed by atoms with van der Waals surface area (Å²) in [6, 6.07) is 10.4. The van der Waals surface area contributed by atoms with E-state index in [1.54, 1.807) is 0 Å². The first-order chi connectivity index (χ1) is 13.4. The highest BCUT2D eigenvalue weighted by Gasteiger charge is 2.31. The number of amides is 1. The van der Waals surface area contributed by atoms with Crippen molar-refractivity contribution in [3.05, 3.63) is 47.3 Å². The van der Waals surface area contributed by atoms with E-state index in [2.05, 4.69) is 55.3 Å². The number of carbonyl (C=O) groups excluding carboxylic acids is 1. The second-order valence-corrected chi connectivity index (χ2v) is 8.76. The molecule has 6 heteroatoms. The van der Waals surface area contributed by atoms with Gasteiger partial charge in [0.1, 0.15) is 5.69 Å². The van der Waals surface area contributed by atoms with E-state index in [9.17, 15) is 4.79 Å². The molecular weight excluding hydrogens is 352 g/mol.